The summed E-state index contributed by atoms with van der Waals surface area (Å²) in [6.45, 7) is 6.13. The standard InChI is InChI=1S/C25H22N6O/c1-16-29-24(23(27)32)30-31(16)22-12-9-20(10-13-22)25(2,3)19-7-4-17(5-8-19)18-6-11-21(14-26)28-15-18/h4-13,15H,1-3H3,(H2,27,32). The molecule has 7 heteroatoms. The van der Waals surface area contributed by atoms with E-state index in [9.17, 15) is 4.79 Å². The topological polar surface area (TPSA) is 110 Å². The summed E-state index contributed by atoms with van der Waals surface area (Å²) in [5, 5.41) is 13.1. The molecule has 158 valence electrons. The summed E-state index contributed by atoms with van der Waals surface area (Å²) in [7, 11) is 0. The summed E-state index contributed by atoms with van der Waals surface area (Å²) in [4.78, 5) is 19.6. The first-order chi connectivity index (χ1) is 15.3. The van der Waals surface area contributed by atoms with E-state index in [-0.39, 0.29) is 11.2 Å². The molecule has 2 N–H and O–H groups in total. The van der Waals surface area contributed by atoms with E-state index in [0.717, 1.165) is 22.4 Å². The minimum Gasteiger partial charge on any atom is -0.363 e. The zero-order valence-electron chi connectivity index (χ0n) is 18.1. The van der Waals surface area contributed by atoms with Gasteiger partial charge in [0.25, 0.3) is 5.91 Å². The van der Waals surface area contributed by atoms with Crippen LogP contribution in [-0.2, 0) is 5.41 Å². The lowest BCUT2D eigenvalue weighted by molar-refractivity contribution is 0.0990. The summed E-state index contributed by atoms with van der Waals surface area (Å²) in [6, 6.07) is 22.0. The van der Waals surface area contributed by atoms with Crippen molar-refractivity contribution in [2.24, 2.45) is 5.73 Å². The highest BCUT2D eigenvalue weighted by Gasteiger charge is 2.23. The molecular formula is C25H22N6O. The Morgan fingerprint density at radius 1 is 0.969 bits per heavy atom. The SMILES string of the molecule is Cc1nc(C(N)=O)nn1-c1ccc(C(C)(C)c2ccc(-c3ccc(C#N)nc3)cc2)cc1. The fraction of sp³-hybridized carbons (Fsp3) is 0.160. The average Bonchev–Trinajstić information content (AvgIpc) is 3.21. The summed E-state index contributed by atoms with van der Waals surface area (Å²) in [6.07, 6.45) is 1.72. The summed E-state index contributed by atoms with van der Waals surface area (Å²) >= 11 is 0. The normalized spacial score (nSPS) is 11.2. The number of benzene rings is 2. The van der Waals surface area contributed by atoms with E-state index in [4.69, 9.17) is 11.0 Å². The molecule has 0 fully saturated rings. The molecule has 0 atom stereocenters. The highest BCUT2D eigenvalue weighted by atomic mass is 16.1. The van der Waals surface area contributed by atoms with Crippen molar-refractivity contribution in [1.82, 2.24) is 19.7 Å². The van der Waals surface area contributed by atoms with Crippen molar-refractivity contribution in [2.45, 2.75) is 26.2 Å². The van der Waals surface area contributed by atoms with Gasteiger partial charge in [0.15, 0.2) is 0 Å². The van der Waals surface area contributed by atoms with Gasteiger partial charge in [0, 0.05) is 17.2 Å². The van der Waals surface area contributed by atoms with Crippen LogP contribution >= 0.6 is 0 Å². The van der Waals surface area contributed by atoms with Crippen molar-refractivity contribution < 1.29 is 4.79 Å². The van der Waals surface area contributed by atoms with E-state index in [1.165, 1.54) is 5.56 Å². The Morgan fingerprint density at radius 2 is 1.56 bits per heavy atom. The molecule has 1 amide bonds. The van der Waals surface area contributed by atoms with Crippen LogP contribution in [0.5, 0.6) is 0 Å². The molecule has 0 aliphatic carbocycles. The number of hydrogen-bond acceptors (Lipinski definition) is 5. The molecule has 0 spiro atoms. The predicted octanol–water partition coefficient (Wildman–Crippen LogP) is 3.93. The second kappa shape index (κ2) is 8.08. The molecule has 4 aromatic rings. The molecule has 2 heterocycles. The molecule has 0 radical (unpaired) electrons. The van der Waals surface area contributed by atoms with Crippen LogP contribution in [-0.4, -0.2) is 25.7 Å². The quantitative estimate of drug-likeness (QED) is 0.524. The first-order valence-corrected chi connectivity index (χ1v) is 10.1. The Labute approximate surface area is 186 Å². The number of carbonyl (C=O) groups is 1. The number of nitriles is 1. The maximum Gasteiger partial charge on any atom is 0.288 e. The molecule has 2 aromatic carbocycles. The van der Waals surface area contributed by atoms with Crippen molar-refractivity contribution in [3.05, 3.63) is 95.3 Å². The largest absolute Gasteiger partial charge is 0.363 e. The first kappa shape index (κ1) is 20.9. The maximum absolute atomic E-state index is 11.4. The second-order valence-corrected chi connectivity index (χ2v) is 8.05. The third-order valence-corrected chi connectivity index (χ3v) is 5.64. The number of aryl methyl sites for hydroxylation is 1. The third kappa shape index (κ3) is 3.86. The Hall–Kier alpha value is -4.31. The molecule has 4 rings (SSSR count). The molecule has 0 bridgehead atoms. The number of nitrogens with zero attached hydrogens (tertiary/aromatic N) is 5. The minimum absolute atomic E-state index is 0.00413. The molecule has 0 aliphatic rings. The molecule has 0 saturated heterocycles. The van der Waals surface area contributed by atoms with Crippen LogP contribution in [0.25, 0.3) is 16.8 Å². The molecule has 0 saturated carbocycles. The van der Waals surface area contributed by atoms with Gasteiger partial charge >= 0.3 is 0 Å². The van der Waals surface area contributed by atoms with Gasteiger partial charge in [-0.05, 0) is 47.9 Å². The molecule has 0 unspecified atom stereocenters. The van der Waals surface area contributed by atoms with Crippen molar-refractivity contribution in [3.63, 3.8) is 0 Å². The fourth-order valence-electron chi connectivity index (χ4n) is 3.64. The number of aromatic nitrogens is 4. The van der Waals surface area contributed by atoms with Gasteiger partial charge in [-0.25, -0.2) is 14.6 Å². The lowest BCUT2D eigenvalue weighted by Crippen LogP contribution is -2.19. The second-order valence-electron chi connectivity index (χ2n) is 8.05. The zero-order chi connectivity index (χ0) is 22.9. The van der Waals surface area contributed by atoms with Gasteiger partial charge in [0.2, 0.25) is 5.82 Å². The molecule has 2 aromatic heterocycles. The maximum atomic E-state index is 11.4. The van der Waals surface area contributed by atoms with Crippen LogP contribution in [0.3, 0.4) is 0 Å². The van der Waals surface area contributed by atoms with Gasteiger partial charge in [0.1, 0.15) is 17.6 Å². The van der Waals surface area contributed by atoms with Gasteiger partial charge in [-0.1, -0.05) is 50.2 Å². The van der Waals surface area contributed by atoms with Crippen LogP contribution in [0, 0.1) is 18.3 Å². The highest BCUT2D eigenvalue weighted by Crippen LogP contribution is 2.33. The number of carbonyl (C=O) groups excluding carboxylic acids is 1. The number of amides is 1. The van der Waals surface area contributed by atoms with E-state index < -0.39 is 5.91 Å². The zero-order valence-corrected chi connectivity index (χ0v) is 18.1. The number of hydrogen-bond donors (Lipinski definition) is 1. The van der Waals surface area contributed by atoms with Gasteiger partial charge in [-0.2, -0.15) is 5.26 Å². The number of pyridine rings is 1. The minimum atomic E-state index is -0.648. The average molecular weight is 422 g/mol. The monoisotopic (exact) mass is 422 g/mol. The van der Waals surface area contributed by atoms with E-state index in [0.29, 0.717) is 11.5 Å². The van der Waals surface area contributed by atoms with Crippen LogP contribution < -0.4 is 5.73 Å². The van der Waals surface area contributed by atoms with Crippen LogP contribution in [0.2, 0.25) is 0 Å². The highest BCUT2D eigenvalue weighted by molar-refractivity contribution is 5.88. The lowest BCUT2D eigenvalue weighted by atomic mass is 9.78. The van der Waals surface area contributed by atoms with E-state index in [2.05, 4.69) is 65.3 Å². The Bertz CT molecular complexity index is 1310. The Balaban J connectivity index is 1.59. The van der Waals surface area contributed by atoms with Crippen molar-refractivity contribution in [2.75, 3.05) is 0 Å². The summed E-state index contributed by atoms with van der Waals surface area (Å²) in [5.74, 6) is -0.0482. The smallest absolute Gasteiger partial charge is 0.288 e. The van der Waals surface area contributed by atoms with Gasteiger partial charge in [0.05, 0.1) is 5.69 Å². The third-order valence-electron chi connectivity index (χ3n) is 5.64. The van der Waals surface area contributed by atoms with Gasteiger partial charge < -0.3 is 5.73 Å². The number of nitrogens with two attached hydrogens (primary N) is 1. The summed E-state index contributed by atoms with van der Waals surface area (Å²) < 4.78 is 1.61. The van der Waals surface area contributed by atoms with E-state index >= 15 is 0 Å². The van der Waals surface area contributed by atoms with Crippen LogP contribution in [0.15, 0.2) is 66.9 Å². The Morgan fingerprint density at radius 3 is 2.06 bits per heavy atom. The molecular weight excluding hydrogens is 400 g/mol. The molecule has 0 aliphatic heterocycles. The van der Waals surface area contributed by atoms with Crippen molar-refractivity contribution in [3.8, 4) is 22.9 Å². The lowest BCUT2D eigenvalue weighted by Gasteiger charge is -2.26. The molecule has 32 heavy (non-hydrogen) atoms. The molecule has 7 nitrogen and oxygen atoms in total. The van der Waals surface area contributed by atoms with Crippen molar-refractivity contribution in [1.29, 1.82) is 5.26 Å². The Kier molecular flexibility index (Phi) is 5.29. The number of rotatable bonds is 5. The van der Waals surface area contributed by atoms with E-state index in [1.54, 1.807) is 23.9 Å². The predicted molar refractivity (Wildman–Crippen MR) is 121 cm³/mol. The van der Waals surface area contributed by atoms with Gasteiger partial charge in [-0.3, -0.25) is 4.79 Å². The van der Waals surface area contributed by atoms with Crippen molar-refractivity contribution >= 4 is 5.91 Å². The summed E-state index contributed by atoms with van der Waals surface area (Å²) in [5.41, 5.74) is 10.6. The fourth-order valence-corrected chi connectivity index (χ4v) is 3.64. The van der Waals surface area contributed by atoms with Gasteiger partial charge in [-0.15, -0.1) is 5.10 Å². The van der Waals surface area contributed by atoms with Crippen LogP contribution in [0.4, 0.5) is 0 Å². The number of primary amides is 1. The van der Waals surface area contributed by atoms with E-state index in [1.807, 2.05) is 24.3 Å². The van der Waals surface area contributed by atoms with Crippen LogP contribution in [0.1, 0.15) is 47.1 Å². The first-order valence-electron chi connectivity index (χ1n) is 10.1.